The van der Waals surface area contributed by atoms with Crippen molar-refractivity contribution in [2.45, 2.75) is 26.2 Å². The average molecular weight is 196 g/mol. The van der Waals surface area contributed by atoms with Crippen molar-refractivity contribution < 1.29 is 19.5 Å². The molecule has 0 saturated heterocycles. The molecule has 0 unspecified atom stereocenters. The first kappa shape index (κ1) is 10.6. The largest absolute Gasteiger partial charge is 0.481 e. The number of carboxylic acid groups (broad SMARTS) is 1. The molecule has 0 heterocycles. The van der Waals surface area contributed by atoms with Gasteiger partial charge in [0.2, 0.25) is 0 Å². The van der Waals surface area contributed by atoms with Crippen LogP contribution in [0, 0.1) is 5.41 Å². The molecule has 0 bridgehead atoms. The number of ketones is 2. The number of hydrogen-bond donors (Lipinski definition) is 1. The van der Waals surface area contributed by atoms with Crippen molar-refractivity contribution in [3.63, 3.8) is 0 Å². The molecule has 0 aromatic carbocycles. The van der Waals surface area contributed by atoms with E-state index in [0.29, 0.717) is 12.8 Å². The molecule has 0 atom stereocenters. The van der Waals surface area contributed by atoms with Crippen molar-refractivity contribution in [1.82, 2.24) is 0 Å². The van der Waals surface area contributed by atoms with E-state index in [2.05, 4.69) is 0 Å². The van der Waals surface area contributed by atoms with Crippen LogP contribution >= 0.6 is 0 Å². The van der Waals surface area contributed by atoms with Crippen molar-refractivity contribution in [2.75, 3.05) is 0 Å². The van der Waals surface area contributed by atoms with E-state index in [0.717, 1.165) is 0 Å². The number of allylic oxidation sites excluding steroid dienone is 2. The van der Waals surface area contributed by atoms with E-state index in [1.54, 1.807) is 6.92 Å². The van der Waals surface area contributed by atoms with E-state index < -0.39 is 11.4 Å². The summed E-state index contributed by atoms with van der Waals surface area (Å²) < 4.78 is 0. The summed E-state index contributed by atoms with van der Waals surface area (Å²) in [6, 6.07) is 0. The smallest absolute Gasteiger partial charge is 0.303 e. The van der Waals surface area contributed by atoms with Crippen LogP contribution in [-0.2, 0) is 14.4 Å². The average Bonchev–Trinajstić information content (AvgIpc) is 2.33. The van der Waals surface area contributed by atoms with Gasteiger partial charge in [0.25, 0.3) is 0 Å². The molecule has 1 N–H and O–H groups in total. The van der Waals surface area contributed by atoms with E-state index in [9.17, 15) is 14.4 Å². The molecule has 4 heteroatoms. The quantitative estimate of drug-likeness (QED) is 0.679. The Bertz CT molecular complexity index is 296. The predicted octanol–water partition coefficient (Wildman–Crippen LogP) is 0.956. The summed E-state index contributed by atoms with van der Waals surface area (Å²) in [5.41, 5.74) is -1.00. The van der Waals surface area contributed by atoms with Gasteiger partial charge in [-0.1, -0.05) is 0 Å². The Kier molecular flexibility index (Phi) is 2.84. The van der Waals surface area contributed by atoms with Crippen molar-refractivity contribution in [3.8, 4) is 0 Å². The summed E-state index contributed by atoms with van der Waals surface area (Å²) in [5.74, 6) is -1.33. The molecule has 1 aliphatic carbocycles. The van der Waals surface area contributed by atoms with E-state index >= 15 is 0 Å². The molecular formula is C10H12O4. The zero-order valence-corrected chi connectivity index (χ0v) is 7.95. The third-order valence-corrected chi connectivity index (χ3v) is 2.54. The lowest BCUT2D eigenvalue weighted by atomic mass is 9.81. The minimum atomic E-state index is -1.00. The molecule has 0 aromatic heterocycles. The van der Waals surface area contributed by atoms with Crippen LogP contribution in [0.1, 0.15) is 26.2 Å². The van der Waals surface area contributed by atoms with Crippen molar-refractivity contribution in [2.24, 2.45) is 5.41 Å². The van der Waals surface area contributed by atoms with E-state index in [4.69, 9.17) is 5.11 Å². The number of hydrogen-bond acceptors (Lipinski definition) is 3. The highest BCUT2D eigenvalue weighted by Crippen LogP contribution is 2.31. The first-order valence-electron chi connectivity index (χ1n) is 4.45. The zero-order chi connectivity index (χ0) is 10.8. The summed E-state index contributed by atoms with van der Waals surface area (Å²) in [4.78, 5) is 32.9. The molecule has 0 aromatic rings. The maximum Gasteiger partial charge on any atom is 0.303 e. The van der Waals surface area contributed by atoms with Crippen LogP contribution in [0.5, 0.6) is 0 Å². The van der Waals surface area contributed by atoms with Gasteiger partial charge in [-0.2, -0.15) is 0 Å². The summed E-state index contributed by atoms with van der Waals surface area (Å²) in [6.45, 7) is 1.57. The molecule has 76 valence electrons. The molecule has 0 fully saturated rings. The first-order chi connectivity index (χ1) is 6.47. The highest BCUT2D eigenvalue weighted by atomic mass is 16.4. The number of aliphatic carboxylic acids is 1. The molecule has 0 spiro atoms. The molecule has 0 saturated carbocycles. The van der Waals surface area contributed by atoms with Crippen LogP contribution in [0.4, 0.5) is 0 Å². The van der Waals surface area contributed by atoms with E-state index in [1.165, 1.54) is 12.2 Å². The zero-order valence-electron chi connectivity index (χ0n) is 7.95. The Labute approximate surface area is 81.6 Å². The second-order valence-electron chi connectivity index (χ2n) is 3.64. The molecule has 1 rings (SSSR count). The van der Waals surface area contributed by atoms with Gasteiger partial charge in [-0.05, 0) is 31.9 Å². The van der Waals surface area contributed by atoms with E-state index in [-0.39, 0.29) is 18.0 Å². The lowest BCUT2D eigenvalue weighted by Crippen LogP contribution is -2.30. The molecular weight excluding hydrogens is 184 g/mol. The normalized spacial score (nSPS) is 18.9. The SMILES string of the molecule is CC1(CCCC(=O)O)C(=O)C=CC1=O. The lowest BCUT2D eigenvalue weighted by molar-refractivity contribution is -0.138. The Balaban J connectivity index is 2.54. The van der Waals surface area contributed by atoms with Crippen LogP contribution in [0.2, 0.25) is 0 Å². The molecule has 14 heavy (non-hydrogen) atoms. The second-order valence-corrected chi connectivity index (χ2v) is 3.64. The van der Waals surface area contributed by atoms with Crippen molar-refractivity contribution in [3.05, 3.63) is 12.2 Å². The van der Waals surface area contributed by atoms with Gasteiger partial charge in [-0.3, -0.25) is 14.4 Å². The minimum absolute atomic E-state index is 0.00382. The van der Waals surface area contributed by atoms with Crippen LogP contribution in [-0.4, -0.2) is 22.6 Å². The third kappa shape index (κ3) is 1.89. The number of carbonyl (C=O) groups is 3. The lowest BCUT2D eigenvalue weighted by Gasteiger charge is -2.19. The molecule has 0 amide bonds. The predicted molar refractivity (Wildman–Crippen MR) is 48.7 cm³/mol. The van der Waals surface area contributed by atoms with Gasteiger partial charge >= 0.3 is 5.97 Å². The summed E-state index contributed by atoms with van der Waals surface area (Å²) in [7, 11) is 0. The third-order valence-electron chi connectivity index (χ3n) is 2.54. The van der Waals surface area contributed by atoms with E-state index in [1.807, 2.05) is 0 Å². The monoisotopic (exact) mass is 196 g/mol. The maximum atomic E-state index is 11.3. The molecule has 4 nitrogen and oxygen atoms in total. The highest BCUT2D eigenvalue weighted by Gasteiger charge is 2.41. The summed E-state index contributed by atoms with van der Waals surface area (Å²) >= 11 is 0. The molecule has 0 aliphatic heterocycles. The Morgan fingerprint density at radius 3 is 2.29 bits per heavy atom. The Morgan fingerprint density at radius 2 is 1.86 bits per heavy atom. The summed E-state index contributed by atoms with van der Waals surface area (Å²) in [6.07, 6.45) is 3.19. The number of rotatable bonds is 4. The van der Waals surface area contributed by atoms with Crippen LogP contribution < -0.4 is 0 Å². The van der Waals surface area contributed by atoms with Crippen LogP contribution in [0.25, 0.3) is 0 Å². The second kappa shape index (κ2) is 3.74. The number of carboxylic acids is 1. The fourth-order valence-corrected chi connectivity index (χ4v) is 1.48. The molecule has 1 aliphatic rings. The fourth-order valence-electron chi connectivity index (χ4n) is 1.48. The van der Waals surface area contributed by atoms with Gasteiger partial charge in [0.15, 0.2) is 11.6 Å². The maximum absolute atomic E-state index is 11.3. The topological polar surface area (TPSA) is 71.4 Å². The fraction of sp³-hybridized carbons (Fsp3) is 0.500. The van der Waals surface area contributed by atoms with Gasteiger partial charge in [0.1, 0.15) is 0 Å². The van der Waals surface area contributed by atoms with Gasteiger partial charge < -0.3 is 5.11 Å². The molecule has 0 radical (unpaired) electrons. The summed E-state index contributed by atoms with van der Waals surface area (Å²) in [5, 5.41) is 8.42. The van der Waals surface area contributed by atoms with Gasteiger partial charge in [-0.15, -0.1) is 0 Å². The minimum Gasteiger partial charge on any atom is -0.481 e. The van der Waals surface area contributed by atoms with Gasteiger partial charge in [0, 0.05) is 6.42 Å². The Hall–Kier alpha value is -1.45. The van der Waals surface area contributed by atoms with Gasteiger partial charge in [-0.25, -0.2) is 0 Å². The van der Waals surface area contributed by atoms with Crippen molar-refractivity contribution >= 4 is 17.5 Å². The highest BCUT2D eigenvalue weighted by molar-refractivity contribution is 6.21. The van der Waals surface area contributed by atoms with Gasteiger partial charge in [0.05, 0.1) is 5.41 Å². The van der Waals surface area contributed by atoms with Crippen LogP contribution in [0.15, 0.2) is 12.2 Å². The van der Waals surface area contributed by atoms with Crippen LogP contribution in [0.3, 0.4) is 0 Å². The van der Waals surface area contributed by atoms with Crippen molar-refractivity contribution in [1.29, 1.82) is 0 Å². The standard InChI is InChI=1S/C10H12O4/c1-10(6-2-3-9(13)14)7(11)4-5-8(10)12/h4-5H,2-3,6H2,1H3,(H,13,14). The Morgan fingerprint density at radius 1 is 1.36 bits per heavy atom. The first-order valence-corrected chi connectivity index (χ1v) is 4.45. The number of carbonyl (C=O) groups excluding carboxylic acids is 2.